The minimum absolute atomic E-state index is 0.437. The van der Waals surface area contributed by atoms with Crippen LogP contribution in [0.15, 0.2) is 0 Å². The maximum absolute atomic E-state index is 6.24. The van der Waals surface area contributed by atoms with E-state index >= 15 is 0 Å². The summed E-state index contributed by atoms with van der Waals surface area (Å²) in [6.45, 7) is 9.22. The molecule has 1 heteroatoms. The quantitative estimate of drug-likeness (QED) is 0.684. The van der Waals surface area contributed by atoms with E-state index in [0.717, 1.165) is 5.92 Å². The highest BCUT2D eigenvalue weighted by Gasteiger charge is 2.42. The number of nitrogens with two attached hydrogens (primary N) is 1. The Bertz CT molecular complexity index is 191. The van der Waals surface area contributed by atoms with Crippen LogP contribution in [0.4, 0.5) is 0 Å². The van der Waals surface area contributed by atoms with Gasteiger partial charge in [0.2, 0.25) is 0 Å². The largest absolute Gasteiger partial charge is 0.327 e. The lowest BCUT2D eigenvalue weighted by Gasteiger charge is -2.49. The highest BCUT2D eigenvalue weighted by molar-refractivity contribution is 4.94. The lowest BCUT2D eigenvalue weighted by molar-refractivity contribution is 0.0278. The van der Waals surface area contributed by atoms with E-state index in [4.69, 9.17) is 5.73 Å². The van der Waals surface area contributed by atoms with E-state index < -0.39 is 0 Å². The Morgan fingerprint density at radius 3 is 2.31 bits per heavy atom. The molecule has 0 spiro atoms. The fourth-order valence-electron chi connectivity index (χ4n) is 3.45. The third-order valence-corrected chi connectivity index (χ3v) is 4.95. The van der Waals surface area contributed by atoms with Gasteiger partial charge in [0.05, 0.1) is 0 Å². The van der Waals surface area contributed by atoms with E-state index in [1.165, 1.54) is 44.9 Å². The van der Waals surface area contributed by atoms with Crippen molar-refractivity contribution in [2.75, 3.05) is 0 Å². The Balaban J connectivity index is 2.29. The highest BCUT2D eigenvalue weighted by atomic mass is 14.7. The molecule has 0 radical (unpaired) electrons. The first-order valence-corrected chi connectivity index (χ1v) is 7.32. The van der Waals surface area contributed by atoms with Gasteiger partial charge >= 0.3 is 0 Å². The number of hydrogen-bond acceptors (Lipinski definition) is 1. The molecule has 2 atom stereocenters. The van der Waals surface area contributed by atoms with Gasteiger partial charge in [-0.15, -0.1) is 0 Å². The van der Waals surface area contributed by atoms with Gasteiger partial charge in [0, 0.05) is 6.04 Å². The molecule has 2 N–H and O–H groups in total. The van der Waals surface area contributed by atoms with Crippen LogP contribution in [0.1, 0.15) is 72.6 Å². The van der Waals surface area contributed by atoms with Crippen molar-refractivity contribution in [1.82, 2.24) is 0 Å². The molecule has 1 fully saturated rings. The normalized spacial score (nSPS) is 33.2. The molecule has 0 saturated heterocycles. The minimum atomic E-state index is 0.437. The van der Waals surface area contributed by atoms with Crippen molar-refractivity contribution in [3.05, 3.63) is 0 Å². The summed E-state index contributed by atoms with van der Waals surface area (Å²) in [6, 6.07) is 0.437. The molecule has 2 unspecified atom stereocenters. The van der Waals surface area contributed by atoms with Gasteiger partial charge in [-0.05, 0) is 42.9 Å². The van der Waals surface area contributed by atoms with Gasteiger partial charge < -0.3 is 5.73 Å². The van der Waals surface area contributed by atoms with Gasteiger partial charge in [-0.3, -0.25) is 0 Å². The maximum atomic E-state index is 6.24. The van der Waals surface area contributed by atoms with Gasteiger partial charge in [0.15, 0.2) is 0 Å². The Morgan fingerprint density at radius 1 is 1.25 bits per heavy atom. The third kappa shape index (κ3) is 3.23. The van der Waals surface area contributed by atoms with Crippen molar-refractivity contribution < 1.29 is 0 Å². The monoisotopic (exact) mass is 225 g/mol. The zero-order valence-electron chi connectivity index (χ0n) is 11.8. The predicted octanol–water partition coefficient (Wildman–Crippen LogP) is 4.36. The van der Waals surface area contributed by atoms with Crippen molar-refractivity contribution in [3.8, 4) is 0 Å². The average Bonchev–Trinajstić information content (AvgIpc) is 2.24. The van der Waals surface area contributed by atoms with Gasteiger partial charge in [0.1, 0.15) is 0 Å². The molecule has 0 aliphatic heterocycles. The summed E-state index contributed by atoms with van der Waals surface area (Å²) in [5, 5.41) is 0. The topological polar surface area (TPSA) is 26.0 Å². The molecule has 0 aromatic carbocycles. The Labute approximate surface area is 102 Å². The lowest BCUT2D eigenvalue weighted by Crippen LogP contribution is -2.41. The average molecular weight is 225 g/mol. The zero-order valence-corrected chi connectivity index (χ0v) is 11.8. The molecular weight excluding hydrogens is 194 g/mol. The summed E-state index contributed by atoms with van der Waals surface area (Å²) in [4.78, 5) is 0. The number of hydrogen-bond donors (Lipinski definition) is 1. The lowest BCUT2D eigenvalue weighted by atomic mass is 9.57. The van der Waals surface area contributed by atoms with Crippen LogP contribution in [0.5, 0.6) is 0 Å². The second-order valence-electron chi connectivity index (χ2n) is 6.16. The fourth-order valence-corrected chi connectivity index (χ4v) is 3.45. The van der Waals surface area contributed by atoms with Gasteiger partial charge in [0.25, 0.3) is 0 Å². The maximum Gasteiger partial charge on any atom is 0.00670 e. The molecule has 0 aromatic heterocycles. The molecule has 96 valence electrons. The van der Waals surface area contributed by atoms with E-state index in [1.54, 1.807) is 0 Å². The van der Waals surface area contributed by atoms with E-state index in [9.17, 15) is 0 Å². The van der Waals surface area contributed by atoms with Crippen LogP contribution in [0.25, 0.3) is 0 Å². The van der Waals surface area contributed by atoms with Crippen LogP contribution in [-0.4, -0.2) is 6.04 Å². The molecule has 1 aliphatic carbocycles. The van der Waals surface area contributed by atoms with Gasteiger partial charge in [-0.25, -0.2) is 0 Å². The van der Waals surface area contributed by atoms with Crippen molar-refractivity contribution in [3.63, 3.8) is 0 Å². The van der Waals surface area contributed by atoms with Gasteiger partial charge in [-0.2, -0.15) is 0 Å². The molecular formula is C15H31N. The summed E-state index contributed by atoms with van der Waals surface area (Å²) in [7, 11) is 0. The van der Waals surface area contributed by atoms with Crippen LogP contribution in [0, 0.1) is 17.3 Å². The SMILES string of the molecule is CCCC1(CC)CC(CC(N)C(C)CC)C1. The van der Waals surface area contributed by atoms with Crippen molar-refractivity contribution in [2.24, 2.45) is 23.0 Å². The van der Waals surface area contributed by atoms with Crippen LogP contribution in [0.2, 0.25) is 0 Å². The Morgan fingerprint density at radius 2 is 1.88 bits per heavy atom. The van der Waals surface area contributed by atoms with Crippen molar-refractivity contribution >= 4 is 0 Å². The molecule has 1 rings (SSSR count). The highest BCUT2D eigenvalue weighted by Crippen LogP contribution is 2.53. The Kier molecular flexibility index (Phi) is 5.30. The molecule has 0 amide bonds. The first kappa shape index (κ1) is 14.0. The first-order chi connectivity index (χ1) is 7.56. The fraction of sp³-hybridized carbons (Fsp3) is 1.00. The zero-order chi connectivity index (χ0) is 12.2. The smallest absolute Gasteiger partial charge is 0.00670 e. The molecule has 0 aromatic rings. The summed E-state index contributed by atoms with van der Waals surface area (Å²) in [6.07, 6.45) is 9.53. The van der Waals surface area contributed by atoms with Crippen LogP contribution in [0.3, 0.4) is 0 Å². The molecule has 16 heavy (non-hydrogen) atoms. The van der Waals surface area contributed by atoms with Gasteiger partial charge in [-0.1, -0.05) is 47.0 Å². The molecule has 1 aliphatic rings. The second kappa shape index (κ2) is 6.05. The van der Waals surface area contributed by atoms with Crippen LogP contribution < -0.4 is 5.73 Å². The van der Waals surface area contributed by atoms with Crippen molar-refractivity contribution in [2.45, 2.75) is 78.7 Å². The summed E-state index contributed by atoms with van der Waals surface area (Å²) >= 11 is 0. The molecule has 1 saturated carbocycles. The van der Waals surface area contributed by atoms with Crippen LogP contribution >= 0.6 is 0 Å². The summed E-state index contributed by atoms with van der Waals surface area (Å²) in [5.74, 6) is 1.62. The van der Waals surface area contributed by atoms with E-state index in [0.29, 0.717) is 17.4 Å². The molecule has 0 bridgehead atoms. The van der Waals surface area contributed by atoms with E-state index in [2.05, 4.69) is 27.7 Å². The van der Waals surface area contributed by atoms with E-state index in [-0.39, 0.29) is 0 Å². The minimum Gasteiger partial charge on any atom is -0.327 e. The number of rotatable bonds is 7. The summed E-state index contributed by atoms with van der Waals surface area (Å²) in [5.41, 5.74) is 6.95. The van der Waals surface area contributed by atoms with Crippen molar-refractivity contribution in [1.29, 1.82) is 0 Å². The Hall–Kier alpha value is -0.0400. The third-order valence-electron chi connectivity index (χ3n) is 4.95. The second-order valence-corrected chi connectivity index (χ2v) is 6.16. The molecule has 1 nitrogen and oxygen atoms in total. The standard InChI is InChI=1S/C15H31N/c1-5-8-15(7-3)10-13(11-15)9-14(16)12(4)6-2/h12-14H,5-11,16H2,1-4H3. The van der Waals surface area contributed by atoms with Crippen LogP contribution in [-0.2, 0) is 0 Å². The molecule has 0 heterocycles. The van der Waals surface area contributed by atoms with E-state index in [1.807, 2.05) is 0 Å². The first-order valence-electron chi connectivity index (χ1n) is 7.32. The predicted molar refractivity (Wildman–Crippen MR) is 72.4 cm³/mol. The summed E-state index contributed by atoms with van der Waals surface area (Å²) < 4.78 is 0.